The molecule has 1 aromatic heterocycles. The topological polar surface area (TPSA) is 59.8 Å². The van der Waals surface area contributed by atoms with Crippen LogP contribution in [0, 0.1) is 6.92 Å². The zero-order valence-corrected chi connectivity index (χ0v) is 18.3. The van der Waals surface area contributed by atoms with Crippen molar-refractivity contribution >= 4 is 17.7 Å². The van der Waals surface area contributed by atoms with Crippen molar-refractivity contribution in [1.29, 1.82) is 0 Å². The van der Waals surface area contributed by atoms with E-state index in [0.29, 0.717) is 5.75 Å². The van der Waals surface area contributed by atoms with E-state index in [1.54, 1.807) is 0 Å². The van der Waals surface area contributed by atoms with Gasteiger partial charge in [-0.25, -0.2) is 0 Å². The van der Waals surface area contributed by atoms with Crippen LogP contribution in [-0.4, -0.2) is 26.4 Å². The van der Waals surface area contributed by atoms with E-state index in [-0.39, 0.29) is 11.9 Å². The van der Waals surface area contributed by atoms with Gasteiger partial charge in [-0.3, -0.25) is 4.79 Å². The maximum Gasteiger partial charge on any atom is 0.230 e. The van der Waals surface area contributed by atoms with E-state index in [1.807, 2.05) is 19.1 Å². The summed E-state index contributed by atoms with van der Waals surface area (Å²) in [5.41, 5.74) is 4.64. The van der Waals surface area contributed by atoms with E-state index in [0.717, 1.165) is 40.6 Å². The van der Waals surface area contributed by atoms with Gasteiger partial charge in [0.05, 0.1) is 11.8 Å². The summed E-state index contributed by atoms with van der Waals surface area (Å²) in [7, 11) is 0. The highest BCUT2D eigenvalue weighted by molar-refractivity contribution is 7.99. The number of aryl methyl sites for hydroxylation is 2. The Morgan fingerprint density at radius 1 is 1.10 bits per heavy atom. The summed E-state index contributed by atoms with van der Waals surface area (Å²) in [6.45, 7) is 9.03. The third-order valence-electron chi connectivity index (χ3n) is 5.02. The monoisotopic (exact) mass is 408 g/mol. The Morgan fingerprint density at radius 2 is 1.83 bits per heavy atom. The molecule has 0 saturated heterocycles. The standard InChI is InChI=1S/C23H28N4OS/c1-5-18-11-13-19(14-12-18)17(4)24-21(28)15-29-23-26-25-22(27(23)6-2)20-10-8-7-9-16(20)3/h7-14,17H,5-6,15H2,1-4H3,(H,24,28)/t17-/m0/s1. The first-order valence-electron chi connectivity index (χ1n) is 10.0. The molecule has 29 heavy (non-hydrogen) atoms. The lowest BCUT2D eigenvalue weighted by atomic mass is 10.1. The molecule has 0 bridgehead atoms. The van der Waals surface area contributed by atoms with Crippen LogP contribution in [0.3, 0.4) is 0 Å². The van der Waals surface area contributed by atoms with E-state index >= 15 is 0 Å². The van der Waals surface area contributed by atoms with Crippen LogP contribution in [0.5, 0.6) is 0 Å². The fraction of sp³-hybridized carbons (Fsp3) is 0.348. The number of benzene rings is 2. The first-order chi connectivity index (χ1) is 14.0. The van der Waals surface area contributed by atoms with E-state index in [1.165, 1.54) is 17.3 Å². The van der Waals surface area contributed by atoms with Gasteiger partial charge in [0.15, 0.2) is 11.0 Å². The average Bonchev–Trinajstić information content (AvgIpc) is 3.15. The van der Waals surface area contributed by atoms with Gasteiger partial charge in [-0.2, -0.15) is 0 Å². The predicted molar refractivity (Wildman–Crippen MR) is 119 cm³/mol. The van der Waals surface area contributed by atoms with Gasteiger partial charge in [0.2, 0.25) is 5.91 Å². The second kappa shape index (κ2) is 9.74. The molecule has 0 fully saturated rings. The minimum absolute atomic E-state index is 0.00911. The van der Waals surface area contributed by atoms with Gasteiger partial charge in [-0.05, 0) is 43.9 Å². The average molecular weight is 409 g/mol. The van der Waals surface area contributed by atoms with Crippen molar-refractivity contribution in [3.63, 3.8) is 0 Å². The molecule has 5 nitrogen and oxygen atoms in total. The Hall–Kier alpha value is -2.60. The SMILES string of the molecule is CCc1ccc([C@H](C)NC(=O)CSc2nnc(-c3ccccc3C)n2CC)cc1. The summed E-state index contributed by atoms with van der Waals surface area (Å²) in [6, 6.07) is 16.5. The maximum atomic E-state index is 12.5. The van der Waals surface area contributed by atoms with Crippen molar-refractivity contribution in [1.82, 2.24) is 20.1 Å². The number of amides is 1. The van der Waals surface area contributed by atoms with Gasteiger partial charge in [-0.15, -0.1) is 10.2 Å². The van der Waals surface area contributed by atoms with Crippen LogP contribution in [0.25, 0.3) is 11.4 Å². The molecule has 1 atom stereocenters. The minimum Gasteiger partial charge on any atom is -0.349 e. The molecule has 6 heteroatoms. The molecule has 0 unspecified atom stereocenters. The summed E-state index contributed by atoms with van der Waals surface area (Å²) in [6.07, 6.45) is 1.01. The molecular formula is C23H28N4OS. The normalized spacial score (nSPS) is 12.0. The predicted octanol–water partition coefficient (Wildman–Crippen LogP) is 4.81. The molecule has 1 amide bonds. The number of nitrogens with one attached hydrogen (secondary N) is 1. The third kappa shape index (κ3) is 5.07. The van der Waals surface area contributed by atoms with Crippen molar-refractivity contribution in [2.24, 2.45) is 0 Å². The highest BCUT2D eigenvalue weighted by atomic mass is 32.2. The summed E-state index contributed by atoms with van der Waals surface area (Å²) < 4.78 is 2.06. The highest BCUT2D eigenvalue weighted by Gasteiger charge is 2.16. The molecular weight excluding hydrogens is 380 g/mol. The lowest BCUT2D eigenvalue weighted by Crippen LogP contribution is -2.28. The number of carbonyl (C=O) groups is 1. The van der Waals surface area contributed by atoms with Gasteiger partial charge in [0.1, 0.15) is 0 Å². The zero-order valence-electron chi connectivity index (χ0n) is 17.5. The van der Waals surface area contributed by atoms with Crippen LogP contribution in [0.4, 0.5) is 0 Å². The molecule has 1 N–H and O–H groups in total. The molecule has 2 aromatic carbocycles. The Balaban J connectivity index is 1.63. The number of aromatic nitrogens is 3. The van der Waals surface area contributed by atoms with Crippen LogP contribution >= 0.6 is 11.8 Å². The van der Waals surface area contributed by atoms with Crippen LogP contribution in [0.15, 0.2) is 53.7 Å². The third-order valence-corrected chi connectivity index (χ3v) is 5.98. The number of hydrogen-bond donors (Lipinski definition) is 1. The van der Waals surface area contributed by atoms with Gasteiger partial charge in [0.25, 0.3) is 0 Å². The quantitative estimate of drug-likeness (QED) is 0.544. The summed E-state index contributed by atoms with van der Waals surface area (Å²) in [5, 5.41) is 12.5. The first kappa shape index (κ1) is 21.1. The van der Waals surface area contributed by atoms with Crippen LogP contribution in [0.2, 0.25) is 0 Å². The van der Waals surface area contributed by atoms with E-state index < -0.39 is 0 Å². The molecule has 0 aliphatic carbocycles. The van der Waals surface area contributed by atoms with Crippen molar-refractivity contribution < 1.29 is 4.79 Å². The Kier molecular flexibility index (Phi) is 7.09. The Morgan fingerprint density at radius 3 is 2.48 bits per heavy atom. The molecule has 1 heterocycles. The summed E-state index contributed by atoms with van der Waals surface area (Å²) in [5.74, 6) is 1.14. The summed E-state index contributed by atoms with van der Waals surface area (Å²) >= 11 is 1.42. The second-order valence-corrected chi connectivity index (χ2v) is 7.98. The van der Waals surface area contributed by atoms with Gasteiger partial charge in [0, 0.05) is 12.1 Å². The van der Waals surface area contributed by atoms with Gasteiger partial charge in [-0.1, -0.05) is 67.2 Å². The number of rotatable bonds is 8. The fourth-order valence-electron chi connectivity index (χ4n) is 3.24. The molecule has 0 radical (unpaired) electrons. The lowest BCUT2D eigenvalue weighted by molar-refractivity contribution is -0.119. The largest absolute Gasteiger partial charge is 0.349 e. The zero-order chi connectivity index (χ0) is 20.8. The van der Waals surface area contributed by atoms with Crippen LogP contribution in [-0.2, 0) is 17.8 Å². The minimum atomic E-state index is -0.0272. The summed E-state index contributed by atoms with van der Waals surface area (Å²) in [4.78, 5) is 12.5. The molecule has 0 aliphatic rings. The van der Waals surface area contributed by atoms with E-state index in [4.69, 9.17) is 0 Å². The second-order valence-electron chi connectivity index (χ2n) is 7.04. The molecule has 3 rings (SSSR count). The first-order valence-corrected chi connectivity index (χ1v) is 11.0. The van der Waals surface area contributed by atoms with E-state index in [9.17, 15) is 4.79 Å². The number of hydrogen-bond acceptors (Lipinski definition) is 4. The Labute approximate surface area is 176 Å². The number of nitrogens with zero attached hydrogens (tertiary/aromatic N) is 3. The number of carbonyl (C=O) groups excluding carboxylic acids is 1. The van der Waals surface area contributed by atoms with Crippen LogP contribution in [0.1, 0.15) is 43.5 Å². The van der Waals surface area contributed by atoms with Crippen molar-refractivity contribution in [2.75, 3.05) is 5.75 Å². The smallest absolute Gasteiger partial charge is 0.230 e. The van der Waals surface area contributed by atoms with Gasteiger partial charge < -0.3 is 9.88 Å². The van der Waals surface area contributed by atoms with E-state index in [2.05, 4.69) is 77.3 Å². The fourth-order valence-corrected chi connectivity index (χ4v) is 4.06. The Bertz CT molecular complexity index is 965. The molecule has 0 spiro atoms. The lowest BCUT2D eigenvalue weighted by Gasteiger charge is -2.15. The highest BCUT2D eigenvalue weighted by Crippen LogP contribution is 2.26. The van der Waals surface area contributed by atoms with Crippen molar-refractivity contribution in [3.8, 4) is 11.4 Å². The number of thioether (sulfide) groups is 1. The molecule has 0 saturated carbocycles. The molecule has 152 valence electrons. The molecule has 3 aromatic rings. The maximum absolute atomic E-state index is 12.5. The van der Waals surface area contributed by atoms with Gasteiger partial charge >= 0.3 is 0 Å². The van der Waals surface area contributed by atoms with Crippen molar-refractivity contribution in [2.45, 2.75) is 51.9 Å². The van der Waals surface area contributed by atoms with Crippen molar-refractivity contribution in [3.05, 3.63) is 65.2 Å². The van der Waals surface area contributed by atoms with Crippen LogP contribution < -0.4 is 5.32 Å². The molecule has 0 aliphatic heterocycles.